The van der Waals surface area contributed by atoms with E-state index in [4.69, 9.17) is 23.8 Å². The third kappa shape index (κ3) is 3.89. The van der Waals surface area contributed by atoms with Gasteiger partial charge in [0.25, 0.3) is 0 Å². The summed E-state index contributed by atoms with van der Waals surface area (Å²) in [7, 11) is 0. The Labute approximate surface area is 211 Å². The maximum atomic E-state index is 6.39. The Balaban J connectivity index is 1.71. The molecule has 0 spiro atoms. The quantitative estimate of drug-likeness (QED) is 0.317. The number of thiocarbonyl (C=S) groups is 1. The van der Waals surface area contributed by atoms with Crippen LogP contribution in [0.5, 0.6) is 0 Å². The third-order valence-electron chi connectivity index (χ3n) is 6.58. The fourth-order valence-electron chi connectivity index (χ4n) is 5.01. The average Bonchev–Trinajstić information content (AvgIpc) is 3.31. The summed E-state index contributed by atoms with van der Waals surface area (Å²) in [5.74, 6) is 0. The molecule has 6 heteroatoms. The summed E-state index contributed by atoms with van der Waals surface area (Å²) in [5, 5.41) is 5.00. The maximum Gasteiger partial charge on any atom is 0.174 e. The van der Waals surface area contributed by atoms with Crippen LogP contribution in [0.1, 0.15) is 45.9 Å². The highest BCUT2D eigenvalue weighted by Gasteiger charge is 2.42. The number of aryl methyl sites for hydroxylation is 3. The summed E-state index contributed by atoms with van der Waals surface area (Å²) in [6.07, 6.45) is 1.84. The highest BCUT2D eigenvalue weighted by Crippen LogP contribution is 2.44. The van der Waals surface area contributed by atoms with Crippen molar-refractivity contribution in [3.63, 3.8) is 0 Å². The Morgan fingerprint density at radius 3 is 2.50 bits per heavy atom. The number of anilines is 1. The van der Waals surface area contributed by atoms with Gasteiger partial charge >= 0.3 is 0 Å². The first-order valence-electron chi connectivity index (χ1n) is 11.4. The van der Waals surface area contributed by atoms with Crippen LogP contribution in [0.2, 0.25) is 5.02 Å². The highest BCUT2D eigenvalue weighted by molar-refractivity contribution is 7.80. The molecule has 0 radical (unpaired) electrons. The van der Waals surface area contributed by atoms with Gasteiger partial charge in [-0.2, -0.15) is 0 Å². The zero-order valence-corrected chi connectivity index (χ0v) is 21.3. The average molecular weight is 487 g/mol. The largest absolute Gasteiger partial charge is 0.351 e. The lowest BCUT2D eigenvalue weighted by molar-refractivity contribution is 0.565. The molecule has 172 valence electrons. The molecule has 2 aromatic carbocycles. The van der Waals surface area contributed by atoms with Gasteiger partial charge in [0, 0.05) is 34.0 Å². The standard InChI is InChI=1S/C28H27ClN4S/c1-17-8-7-9-22(14-17)33-27(26(31-28(33)34)24-10-5-6-13-30-24)23-15-19(3)32(20(23)4)25-16-21(29)12-11-18(25)2/h5-16,26-27H,1-4H3,(H,31,34). The molecule has 1 N–H and O–H groups in total. The van der Waals surface area contributed by atoms with E-state index >= 15 is 0 Å². The van der Waals surface area contributed by atoms with E-state index in [1.165, 1.54) is 16.7 Å². The molecule has 5 rings (SSSR count). The second-order valence-corrected chi connectivity index (χ2v) is 9.75. The van der Waals surface area contributed by atoms with E-state index < -0.39 is 0 Å². The maximum absolute atomic E-state index is 6.39. The molecule has 1 aliphatic heterocycles. The molecule has 3 heterocycles. The van der Waals surface area contributed by atoms with Gasteiger partial charge in [0.05, 0.1) is 17.8 Å². The zero-order chi connectivity index (χ0) is 24.0. The van der Waals surface area contributed by atoms with Crippen LogP contribution in [0, 0.1) is 27.7 Å². The summed E-state index contributed by atoms with van der Waals surface area (Å²) >= 11 is 12.3. The lowest BCUT2D eigenvalue weighted by Gasteiger charge is -2.28. The van der Waals surface area contributed by atoms with Gasteiger partial charge in [-0.15, -0.1) is 0 Å². The molecule has 4 aromatic rings. The van der Waals surface area contributed by atoms with Crippen molar-refractivity contribution in [2.75, 3.05) is 4.90 Å². The molecule has 1 fully saturated rings. The van der Waals surface area contributed by atoms with Crippen molar-refractivity contribution in [2.45, 2.75) is 39.8 Å². The van der Waals surface area contributed by atoms with Crippen LogP contribution in [0.25, 0.3) is 5.69 Å². The van der Waals surface area contributed by atoms with Crippen LogP contribution in [0.3, 0.4) is 0 Å². The number of hydrogen-bond donors (Lipinski definition) is 1. The van der Waals surface area contributed by atoms with Crippen molar-refractivity contribution in [2.24, 2.45) is 0 Å². The summed E-state index contributed by atoms with van der Waals surface area (Å²) in [6, 6.07) is 22.7. The Bertz CT molecular complexity index is 1380. The normalized spacial score (nSPS) is 17.8. The van der Waals surface area contributed by atoms with Gasteiger partial charge in [-0.3, -0.25) is 4.98 Å². The number of benzene rings is 2. The predicted octanol–water partition coefficient (Wildman–Crippen LogP) is 6.94. The Morgan fingerprint density at radius 1 is 0.941 bits per heavy atom. The molecule has 0 aliphatic carbocycles. The zero-order valence-electron chi connectivity index (χ0n) is 19.7. The molecule has 0 saturated carbocycles. The number of hydrogen-bond acceptors (Lipinski definition) is 2. The molecule has 1 aliphatic rings. The Kier molecular flexibility index (Phi) is 5.92. The first-order chi connectivity index (χ1) is 16.3. The van der Waals surface area contributed by atoms with Gasteiger partial charge in [0.1, 0.15) is 0 Å². The van der Waals surface area contributed by atoms with Crippen molar-refractivity contribution in [1.29, 1.82) is 0 Å². The molecule has 2 unspecified atom stereocenters. The Hall–Kier alpha value is -3.15. The summed E-state index contributed by atoms with van der Waals surface area (Å²) in [5.41, 5.74) is 9.03. The summed E-state index contributed by atoms with van der Waals surface area (Å²) < 4.78 is 2.29. The molecular weight excluding hydrogens is 460 g/mol. The first kappa shape index (κ1) is 22.6. The minimum Gasteiger partial charge on any atom is -0.351 e. The highest BCUT2D eigenvalue weighted by atomic mass is 35.5. The van der Waals surface area contributed by atoms with E-state index in [2.05, 4.69) is 89.9 Å². The van der Waals surface area contributed by atoms with E-state index in [-0.39, 0.29) is 12.1 Å². The number of halogens is 1. The molecule has 2 aromatic heterocycles. The molecule has 4 nitrogen and oxygen atoms in total. The summed E-state index contributed by atoms with van der Waals surface area (Å²) in [4.78, 5) is 6.92. The number of aromatic nitrogens is 2. The molecule has 0 bridgehead atoms. The predicted molar refractivity (Wildman–Crippen MR) is 144 cm³/mol. The fraction of sp³-hybridized carbons (Fsp3) is 0.214. The van der Waals surface area contributed by atoms with Gasteiger partial charge in [0.15, 0.2) is 5.11 Å². The van der Waals surface area contributed by atoms with E-state index in [0.717, 1.165) is 33.5 Å². The van der Waals surface area contributed by atoms with Crippen LogP contribution in [0.4, 0.5) is 5.69 Å². The smallest absolute Gasteiger partial charge is 0.174 e. The van der Waals surface area contributed by atoms with Crippen molar-refractivity contribution < 1.29 is 0 Å². The van der Waals surface area contributed by atoms with Crippen LogP contribution in [-0.2, 0) is 0 Å². The van der Waals surface area contributed by atoms with Gasteiger partial charge in [-0.1, -0.05) is 35.9 Å². The van der Waals surface area contributed by atoms with Gasteiger partial charge in [-0.25, -0.2) is 0 Å². The number of nitrogens with zero attached hydrogens (tertiary/aromatic N) is 3. The van der Waals surface area contributed by atoms with Gasteiger partial charge in [-0.05, 0) is 99.1 Å². The number of pyridine rings is 1. The number of nitrogens with one attached hydrogen (secondary N) is 1. The van der Waals surface area contributed by atoms with Crippen LogP contribution >= 0.6 is 23.8 Å². The molecule has 34 heavy (non-hydrogen) atoms. The van der Waals surface area contributed by atoms with Crippen LogP contribution < -0.4 is 10.2 Å². The topological polar surface area (TPSA) is 33.1 Å². The molecular formula is C28H27ClN4S. The lowest BCUT2D eigenvalue weighted by atomic mass is 9.96. The van der Waals surface area contributed by atoms with E-state index in [9.17, 15) is 0 Å². The summed E-state index contributed by atoms with van der Waals surface area (Å²) in [6.45, 7) is 8.54. The minimum absolute atomic E-state index is 0.0522. The van der Waals surface area contributed by atoms with E-state index in [0.29, 0.717) is 5.11 Å². The monoisotopic (exact) mass is 486 g/mol. The van der Waals surface area contributed by atoms with Crippen LogP contribution in [-0.4, -0.2) is 14.7 Å². The molecule has 1 saturated heterocycles. The Morgan fingerprint density at radius 2 is 1.76 bits per heavy atom. The van der Waals surface area contributed by atoms with Gasteiger partial charge < -0.3 is 14.8 Å². The van der Waals surface area contributed by atoms with Crippen LogP contribution in [0.15, 0.2) is 72.9 Å². The second-order valence-electron chi connectivity index (χ2n) is 8.93. The van der Waals surface area contributed by atoms with Crippen molar-refractivity contribution in [3.8, 4) is 5.69 Å². The van der Waals surface area contributed by atoms with Crippen molar-refractivity contribution in [1.82, 2.24) is 14.9 Å². The first-order valence-corrected chi connectivity index (χ1v) is 12.2. The van der Waals surface area contributed by atoms with Gasteiger partial charge in [0.2, 0.25) is 0 Å². The lowest BCUT2D eigenvalue weighted by Crippen LogP contribution is -2.29. The molecule has 0 amide bonds. The third-order valence-corrected chi connectivity index (χ3v) is 7.13. The second kappa shape index (κ2) is 8.90. The SMILES string of the molecule is Cc1cccc(N2C(=S)NC(c3ccccn3)C2c2cc(C)n(-c3cc(Cl)ccc3C)c2C)c1. The number of rotatable bonds is 4. The molecule has 2 atom stereocenters. The van der Waals surface area contributed by atoms with E-state index in [1.807, 2.05) is 30.5 Å². The fourth-order valence-corrected chi connectivity index (χ4v) is 5.52. The van der Waals surface area contributed by atoms with Crippen molar-refractivity contribution in [3.05, 3.63) is 112 Å². The minimum atomic E-state index is -0.0800. The van der Waals surface area contributed by atoms with E-state index in [1.54, 1.807) is 0 Å². The van der Waals surface area contributed by atoms with Crippen molar-refractivity contribution >= 4 is 34.6 Å².